The number of amides is 1. The topological polar surface area (TPSA) is 77.4 Å². The van der Waals surface area contributed by atoms with Crippen molar-refractivity contribution in [3.05, 3.63) is 65.4 Å². The summed E-state index contributed by atoms with van der Waals surface area (Å²) in [4.78, 5) is 36.3. The zero-order valence-corrected chi connectivity index (χ0v) is 14.8. The van der Waals surface area contributed by atoms with E-state index in [1.54, 1.807) is 24.4 Å². The maximum Gasteiger partial charge on any atom is 0.340 e. The monoisotopic (exact) mass is 362 g/mol. The first-order valence-electron chi connectivity index (χ1n) is 8.70. The first kappa shape index (κ1) is 17.0. The molecular weight excluding hydrogens is 344 g/mol. The molecule has 0 fully saturated rings. The Morgan fingerprint density at radius 3 is 2.81 bits per heavy atom. The van der Waals surface area contributed by atoms with Crippen LogP contribution in [0, 0.1) is 0 Å². The van der Waals surface area contributed by atoms with Gasteiger partial charge in [-0.1, -0.05) is 18.2 Å². The smallest absolute Gasteiger partial charge is 0.340 e. The number of carbonyl (C=O) groups is 3. The zero-order chi connectivity index (χ0) is 19.0. The van der Waals surface area contributed by atoms with E-state index in [1.807, 2.05) is 35.9 Å². The number of ether oxygens (including phenoxy) is 1. The van der Waals surface area contributed by atoms with Gasteiger partial charge in [-0.3, -0.25) is 9.59 Å². The van der Waals surface area contributed by atoms with Crippen LogP contribution in [0.2, 0.25) is 0 Å². The van der Waals surface area contributed by atoms with Crippen LogP contribution in [0.5, 0.6) is 0 Å². The minimum Gasteiger partial charge on any atom is -0.454 e. The van der Waals surface area contributed by atoms with E-state index >= 15 is 0 Å². The third-order valence-electron chi connectivity index (χ3n) is 4.77. The average Bonchev–Trinajstić information content (AvgIpc) is 3.02. The molecule has 1 aliphatic rings. The molecule has 0 bridgehead atoms. The largest absolute Gasteiger partial charge is 0.454 e. The minimum atomic E-state index is -0.523. The third kappa shape index (κ3) is 3.21. The lowest BCUT2D eigenvalue weighted by molar-refractivity contribution is -0.116. The fourth-order valence-corrected chi connectivity index (χ4v) is 3.35. The fourth-order valence-electron chi connectivity index (χ4n) is 3.35. The zero-order valence-electron chi connectivity index (χ0n) is 14.8. The van der Waals surface area contributed by atoms with E-state index in [9.17, 15) is 14.4 Å². The number of hydrogen-bond donors (Lipinski definition) is 1. The Bertz CT molecular complexity index is 1080. The number of carbonyl (C=O) groups excluding carboxylic acids is 3. The first-order valence-corrected chi connectivity index (χ1v) is 8.70. The number of Topliss-reactive ketones (excluding diaryl/α,β-unsaturated/α-hetero) is 1. The van der Waals surface area contributed by atoms with Crippen molar-refractivity contribution in [2.45, 2.75) is 12.8 Å². The number of anilines is 1. The summed E-state index contributed by atoms with van der Waals surface area (Å²) < 4.78 is 7.11. The summed E-state index contributed by atoms with van der Waals surface area (Å²) in [5, 5.41) is 3.57. The van der Waals surface area contributed by atoms with Gasteiger partial charge in [0.2, 0.25) is 5.91 Å². The Morgan fingerprint density at radius 2 is 1.96 bits per heavy atom. The molecule has 1 N–H and O–H groups in total. The van der Waals surface area contributed by atoms with Crippen molar-refractivity contribution in [1.82, 2.24) is 4.57 Å². The summed E-state index contributed by atoms with van der Waals surface area (Å²) in [5.74, 6) is -0.820. The van der Waals surface area contributed by atoms with Crippen LogP contribution in [0.4, 0.5) is 5.69 Å². The van der Waals surface area contributed by atoms with Gasteiger partial charge in [0.15, 0.2) is 12.4 Å². The number of esters is 1. The Morgan fingerprint density at radius 1 is 1.15 bits per heavy atom. The number of fused-ring (bicyclic) bond motifs is 2. The SMILES string of the molecule is Cn1cc(C(=O)OCC(=O)c2ccc3c(c2)CCC(=O)N3)c2ccccc21. The summed E-state index contributed by atoms with van der Waals surface area (Å²) >= 11 is 0. The number of aryl methyl sites for hydroxylation is 2. The molecule has 2 aromatic carbocycles. The molecule has 0 saturated heterocycles. The highest BCUT2D eigenvalue weighted by atomic mass is 16.5. The second-order valence-corrected chi connectivity index (χ2v) is 6.59. The number of nitrogens with one attached hydrogen (secondary N) is 1. The van der Waals surface area contributed by atoms with Gasteiger partial charge in [0.1, 0.15) is 0 Å². The molecular formula is C21H18N2O4. The number of ketones is 1. The van der Waals surface area contributed by atoms with E-state index < -0.39 is 5.97 Å². The van der Waals surface area contributed by atoms with Crippen molar-refractivity contribution in [2.24, 2.45) is 7.05 Å². The maximum atomic E-state index is 12.4. The van der Waals surface area contributed by atoms with Crippen molar-refractivity contribution in [1.29, 1.82) is 0 Å². The van der Waals surface area contributed by atoms with Gasteiger partial charge in [-0.15, -0.1) is 0 Å². The Labute approximate surface area is 155 Å². The highest BCUT2D eigenvalue weighted by Gasteiger charge is 2.19. The van der Waals surface area contributed by atoms with Crippen molar-refractivity contribution < 1.29 is 19.1 Å². The molecule has 3 aromatic rings. The van der Waals surface area contributed by atoms with Crippen LogP contribution in [-0.2, 0) is 23.0 Å². The van der Waals surface area contributed by atoms with Crippen LogP contribution >= 0.6 is 0 Å². The Kier molecular flexibility index (Phi) is 4.24. The van der Waals surface area contributed by atoms with Crippen molar-refractivity contribution in [3.63, 3.8) is 0 Å². The minimum absolute atomic E-state index is 0.0226. The van der Waals surface area contributed by atoms with Crippen LogP contribution in [0.3, 0.4) is 0 Å². The normalized spacial score (nSPS) is 13.1. The molecule has 4 rings (SSSR count). The molecule has 27 heavy (non-hydrogen) atoms. The summed E-state index contributed by atoms with van der Waals surface area (Å²) in [6.07, 6.45) is 2.71. The van der Waals surface area contributed by atoms with Crippen LogP contribution in [0.15, 0.2) is 48.7 Å². The number of rotatable bonds is 4. The Balaban J connectivity index is 1.47. The summed E-state index contributed by atoms with van der Waals surface area (Å²) in [5.41, 5.74) is 3.48. The predicted molar refractivity (Wildman–Crippen MR) is 101 cm³/mol. The van der Waals surface area contributed by atoms with Gasteiger partial charge in [0.25, 0.3) is 0 Å². The second-order valence-electron chi connectivity index (χ2n) is 6.59. The third-order valence-corrected chi connectivity index (χ3v) is 4.77. The van der Waals surface area contributed by atoms with Crippen LogP contribution in [-0.4, -0.2) is 28.8 Å². The molecule has 0 aliphatic carbocycles. The second kappa shape index (κ2) is 6.72. The number of benzene rings is 2. The molecule has 0 unspecified atom stereocenters. The number of hydrogen-bond acceptors (Lipinski definition) is 4. The van der Waals surface area contributed by atoms with E-state index in [1.165, 1.54) is 0 Å². The van der Waals surface area contributed by atoms with Crippen molar-refractivity contribution in [3.8, 4) is 0 Å². The van der Waals surface area contributed by atoms with Gasteiger partial charge in [0.05, 0.1) is 5.56 Å². The van der Waals surface area contributed by atoms with Crippen LogP contribution in [0.25, 0.3) is 10.9 Å². The first-order chi connectivity index (χ1) is 13.0. The molecule has 0 spiro atoms. The highest BCUT2D eigenvalue weighted by Crippen LogP contribution is 2.24. The molecule has 0 radical (unpaired) electrons. The van der Waals surface area contributed by atoms with Gasteiger partial charge < -0.3 is 14.6 Å². The highest BCUT2D eigenvalue weighted by molar-refractivity contribution is 6.06. The molecule has 0 saturated carbocycles. The standard InChI is InChI=1S/C21H18N2O4/c1-23-11-16(15-4-2-3-5-18(15)23)21(26)27-12-19(24)14-6-8-17-13(10-14)7-9-20(25)22-17/h2-6,8,10-11H,7,9,12H2,1H3,(H,22,25). The molecule has 1 aliphatic heterocycles. The quantitative estimate of drug-likeness (QED) is 0.571. The molecule has 1 amide bonds. The van der Waals surface area contributed by atoms with Crippen molar-refractivity contribution >= 4 is 34.3 Å². The molecule has 1 aromatic heterocycles. The number of nitrogens with zero attached hydrogens (tertiary/aromatic N) is 1. The van der Waals surface area contributed by atoms with Crippen LogP contribution < -0.4 is 5.32 Å². The molecule has 6 nitrogen and oxygen atoms in total. The van der Waals surface area contributed by atoms with Gasteiger partial charge in [-0.05, 0) is 36.2 Å². The van der Waals surface area contributed by atoms with Gasteiger partial charge >= 0.3 is 5.97 Å². The molecule has 2 heterocycles. The summed E-state index contributed by atoms with van der Waals surface area (Å²) in [6, 6.07) is 12.6. The fraction of sp³-hybridized carbons (Fsp3) is 0.190. The average molecular weight is 362 g/mol. The number of aromatic nitrogens is 1. The van der Waals surface area contributed by atoms with Gasteiger partial charge in [-0.2, -0.15) is 0 Å². The summed E-state index contributed by atoms with van der Waals surface area (Å²) in [6.45, 7) is -0.326. The van der Waals surface area contributed by atoms with Gasteiger partial charge in [0, 0.05) is 41.8 Å². The lowest BCUT2D eigenvalue weighted by Crippen LogP contribution is -2.20. The number of para-hydroxylation sites is 1. The summed E-state index contributed by atoms with van der Waals surface area (Å²) in [7, 11) is 1.86. The van der Waals surface area contributed by atoms with Crippen LogP contribution in [0.1, 0.15) is 32.7 Å². The predicted octanol–water partition coefficient (Wildman–Crippen LogP) is 3.10. The Hall–Kier alpha value is -3.41. The van der Waals surface area contributed by atoms with E-state index in [4.69, 9.17) is 4.74 Å². The lowest BCUT2D eigenvalue weighted by atomic mass is 9.99. The van der Waals surface area contributed by atoms with Gasteiger partial charge in [-0.25, -0.2) is 4.79 Å². The van der Waals surface area contributed by atoms with E-state index in [2.05, 4.69) is 5.32 Å². The molecule has 136 valence electrons. The molecule has 6 heteroatoms. The van der Waals surface area contributed by atoms with E-state index in [0.29, 0.717) is 24.0 Å². The lowest BCUT2D eigenvalue weighted by Gasteiger charge is -2.17. The van der Waals surface area contributed by atoms with Crippen molar-refractivity contribution in [2.75, 3.05) is 11.9 Å². The van der Waals surface area contributed by atoms with E-state index in [0.717, 1.165) is 22.2 Å². The molecule has 0 atom stereocenters. The van der Waals surface area contributed by atoms with E-state index in [-0.39, 0.29) is 18.3 Å². The maximum absolute atomic E-state index is 12.4.